The summed E-state index contributed by atoms with van der Waals surface area (Å²) < 4.78 is 2.87. The summed E-state index contributed by atoms with van der Waals surface area (Å²) in [6.07, 6.45) is 6.17. The number of halogens is 1. The molecule has 0 atom stereocenters. The average molecular weight is 369 g/mol. The van der Waals surface area contributed by atoms with Crippen LogP contribution < -0.4 is 10.8 Å². The predicted molar refractivity (Wildman–Crippen MR) is 89.3 cm³/mol. The number of pyridine rings is 1. The van der Waals surface area contributed by atoms with Gasteiger partial charge in [0.1, 0.15) is 5.82 Å². The van der Waals surface area contributed by atoms with Crippen molar-refractivity contribution in [1.82, 2.24) is 14.9 Å². The van der Waals surface area contributed by atoms with Crippen LogP contribution in [0, 0.1) is 6.92 Å². The summed E-state index contributed by atoms with van der Waals surface area (Å²) in [5, 5.41) is 11.7. The number of carbonyl (C=O) groups excluding carboxylic acids is 1. The Morgan fingerprint density at radius 1 is 1.45 bits per heavy atom. The van der Waals surface area contributed by atoms with E-state index < -0.39 is 5.91 Å². The van der Waals surface area contributed by atoms with Gasteiger partial charge in [0.2, 0.25) is 0 Å². The van der Waals surface area contributed by atoms with Crippen LogP contribution in [-0.2, 0) is 11.2 Å². The maximum absolute atomic E-state index is 11.3. The minimum atomic E-state index is -0.485. The van der Waals surface area contributed by atoms with Crippen LogP contribution in [0.5, 0.6) is 0 Å². The molecule has 0 aromatic carbocycles. The van der Waals surface area contributed by atoms with E-state index in [9.17, 15) is 4.79 Å². The average Bonchev–Trinajstić information content (AvgIpc) is 2.83. The van der Waals surface area contributed by atoms with Crippen molar-refractivity contribution in [3.63, 3.8) is 0 Å². The van der Waals surface area contributed by atoms with Crippen molar-refractivity contribution in [1.29, 1.82) is 0 Å². The standard InChI is InChI=1S/C15H21BrN4O2/c1-3-4-5-6-12-15(17-8-13(21)19-22)20-9-10(2)7-11(16)14(20)18-12/h7,9,17,22H,3-6,8H2,1-2H3,(H,19,21). The Bertz CT molecular complexity index is 669. The Hall–Kier alpha value is -1.60. The number of carbonyl (C=O) groups is 1. The molecule has 0 saturated heterocycles. The molecule has 0 spiro atoms. The van der Waals surface area contributed by atoms with E-state index in [1.165, 1.54) is 0 Å². The zero-order chi connectivity index (χ0) is 16.1. The first-order valence-electron chi connectivity index (χ1n) is 7.40. The van der Waals surface area contributed by atoms with Crippen molar-refractivity contribution in [2.24, 2.45) is 0 Å². The van der Waals surface area contributed by atoms with Crippen LogP contribution in [0.1, 0.15) is 37.4 Å². The van der Waals surface area contributed by atoms with Crippen LogP contribution in [0.4, 0.5) is 5.82 Å². The number of hydrogen-bond donors (Lipinski definition) is 3. The van der Waals surface area contributed by atoms with Gasteiger partial charge in [-0.1, -0.05) is 19.8 Å². The minimum Gasteiger partial charge on any atom is -0.360 e. The third kappa shape index (κ3) is 3.78. The SMILES string of the molecule is CCCCCc1nc2c(Br)cc(C)cn2c1NCC(=O)NO. The number of fused-ring (bicyclic) bond motifs is 1. The first-order valence-corrected chi connectivity index (χ1v) is 8.20. The smallest absolute Gasteiger partial charge is 0.262 e. The lowest BCUT2D eigenvalue weighted by atomic mass is 10.1. The monoisotopic (exact) mass is 368 g/mol. The second-order valence-electron chi connectivity index (χ2n) is 5.31. The Morgan fingerprint density at radius 3 is 2.91 bits per heavy atom. The van der Waals surface area contributed by atoms with Crippen LogP contribution in [0.25, 0.3) is 5.65 Å². The first kappa shape index (κ1) is 16.8. The predicted octanol–water partition coefficient (Wildman–Crippen LogP) is 3.06. The quantitative estimate of drug-likeness (QED) is 0.398. The Kier molecular flexibility index (Phi) is 5.79. The number of hydroxylamine groups is 1. The van der Waals surface area contributed by atoms with Gasteiger partial charge in [-0.25, -0.2) is 10.5 Å². The summed E-state index contributed by atoms with van der Waals surface area (Å²) in [5.74, 6) is 0.320. The van der Waals surface area contributed by atoms with Gasteiger partial charge >= 0.3 is 0 Å². The van der Waals surface area contributed by atoms with Crippen molar-refractivity contribution in [3.05, 3.63) is 28.0 Å². The third-order valence-electron chi connectivity index (χ3n) is 3.44. The molecule has 3 N–H and O–H groups in total. The number of rotatable bonds is 7. The first-order chi connectivity index (χ1) is 10.6. The summed E-state index contributed by atoms with van der Waals surface area (Å²) in [6.45, 7) is 4.16. The fraction of sp³-hybridized carbons (Fsp3) is 0.467. The van der Waals surface area contributed by atoms with Crippen LogP contribution in [-0.4, -0.2) is 27.0 Å². The van der Waals surface area contributed by atoms with E-state index >= 15 is 0 Å². The van der Waals surface area contributed by atoms with Crippen LogP contribution >= 0.6 is 15.9 Å². The summed E-state index contributed by atoms with van der Waals surface area (Å²) in [5.41, 5.74) is 4.48. The van der Waals surface area contributed by atoms with Gasteiger partial charge in [0.05, 0.1) is 16.7 Å². The topological polar surface area (TPSA) is 78.7 Å². The van der Waals surface area contributed by atoms with Crippen LogP contribution in [0.3, 0.4) is 0 Å². The molecule has 2 aromatic heterocycles. The van der Waals surface area contributed by atoms with E-state index in [1.54, 1.807) is 5.48 Å². The molecule has 0 unspecified atom stereocenters. The molecule has 2 heterocycles. The lowest BCUT2D eigenvalue weighted by Crippen LogP contribution is -2.27. The lowest BCUT2D eigenvalue weighted by molar-refractivity contribution is -0.127. The highest BCUT2D eigenvalue weighted by Gasteiger charge is 2.15. The van der Waals surface area contributed by atoms with Gasteiger partial charge in [0.15, 0.2) is 5.65 Å². The number of nitrogens with zero attached hydrogens (tertiary/aromatic N) is 2. The molecule has 2 rings (SSSR count). The molecule has 0 aliphatic rings. The number of anilines is 1. The molecule has 0 saturated carbocycles. The lowest BCUT2D eigenvalue weighted by Gasteiger charge is -2.08. The second kappa shape index (κ2) is 7.60. The Labute approximate surface area is 138 Å². The van der Waals surface area contributed by atoms with E-state index in [1.807, 2.05) is 23.6 Å². The summed E-state index contributed by atoms with van der Waals surface area (Å²) in [7, 11) is 0. The second-order valence-corrected chi connectivity index (χ2v) is 6.17. The van der Waals surface area contributed by atoms with Gasteiger partial charge in [-0.15, -0.1) is 0 Å². The van der Waals surface area contributed by atoms with Crippen molar-refractivity contribution in [2.45, 2.75) is 39.5 Å². The molecule has 0 aliphatic heterocycles. The molecule has 2 aromatic rings. The molecule has 0 bridgehead atoms. The molecule has 22 heavy (non-hydrogen) atoms. The molecular weight excluding hydrogens is 348 g/mol. The van der Waals surface area contributed by atoms with Gasteiger partial charge in [-0.2, -0.15) is 0 Å². The number of nitrogens with one attached hydrogen (secondary N) is 2. The molecule has 0 fully saturated rings. The molecule has 6 nitrogen and oxygen atoms in total. The molecule has 0 radical (unpaired) electrons. The van der Waals surface area contributed by atoms with E-state index in [2.05, 4.69) is 33.2 Å². The highest BCUT2D eigenvalue weighted by molar-refractivity contribution is 9.10. The van der Waals surface area contributed by atoms with Crippen molar-refractivity contribution in [2.75, 3.05) is 11.9 Å². The number of aromatic nitrogens is 2. The van der Waals surface area contributed by atoms with Crippen molar-refractivity contribution < 1.29 is 10.0 Å². The van der Waals surface area contributed by atoms with Crippen molar-refractivity contribution in [3.8, 4) is 0 Å². The van der Waals surface area contributed by atoms with Gasteiger partial charge in [0.25, 0.3) is 5.91 Å². The van der Waals surface area contributed by atoms with Crippen LogP contribution in [0.15, 0.2) is 16.7 Å². The molecule has 7 heteroatoms. The Morgan fingerprint density at radius 2 is 2.23 bits per heavy atom. The van der Waals surface area contributed by atoms with Crippen LogP contribution in [0.2, 0.25) is 0 Å². The van der Waals surface area contributed by atoms with Gasteiger partial charge in [0, 0.05) is 6.20 Å². The summed E-state index contributed by atoms with van der Waals surface area (Å²) in [4.78, 5) is 16.0. The zero-order valence-corrected chi connectivity index (χ0v) is 14.4. The largest absolute Gasteiger partial charge is 0.360 e. The van der Waals surface area contributed by atoms with Gasteiger partial charge in [-0.05, 0) is 47.3 Å². The van der Waals surface area contributed by atoms with E-state index in [-0.39, 0.29) is 6.54 Å². The summed E-state index contributed by atoms with van der Waals surface area (Å²) >= 11 is 3.54. The third-order valence-corrected chi connectivity index (χ3v) is 4.03. The molecule has 0 aliphatic carbocycles. The number of imidazole rings is 1. The van der Waals surface area contributed by atoms with Gasteiger partial charge in [-0.3, -0.25) is 14.4 Å². The number of amides is 1. The maximum atomic E-state index is 11.3. The number of aryl methyl sites for hydroxylation is 2. The summed E-state index contributed by atoms with van der Waals surface area (Å²) in [6, 6.07) is 2.02. The van der Waals surface area contributed by atoms with Crippen molar-refractivity contribution >= 4 is 33.3 Å². The normalized spacial score (nSPS) is 10.9. The maximum Gasteiger partial charge on any atom is 0.262 e. The fourth-order valence-corrected chi connectivity index (χ4v) is 3.03. The molecule has 120 valence electrons. The number of hydrogen-bond acceptors (Lipinski definition) is 4. The van der Waals surface area contributed by atoms with E-state index in [0.717, 1.165) is 52.9 Å². The fourth-order valence-electron chi connectivity index (χ4n) is 2.39. The Balaban J connectivity index is 2.37. The van der Waals surface area contributed by atoms with Gasteiger partial charge < -0.3 is 5.32 Å². The molecular formula is C15H21BrN4O2. The minimum absolute atomic E-state index is 0.00334. The number of unbranched alkanes of at least 4 members (excludes halogenated alkanes) is 2. The molecule has 1 amide bonds. The zero-order valence-electron chi connectivity index (χ0n) is 12.8. The van der Waals surface area contributed by atoms with E-state index in [0.29, 0.717) is 0 Å². The van der Waals surface area contributed by atoms with E-state index in [4.69, 9.17) is 5.21 Å². The highest BCUT2D eigenvalue weighted by atomic mass is 79.9. The highest BCUT2D eigenvalue weighted by Crippen LogP contribution is 2.26.